The Hall–Kier alpha value is -3.75. The quantitative estimate of drug-likeness (QED) is 0.503. The zero-order chi connectivity index (χ0) is 21.6. The van der Waals surface area contributed by atoms with Gasteiger partial charge in [0.2, 0.25) is 0 Å². The molecule has 0 bridgehead atoms. The van der Waals surface area contributed by atoms with Crippen LogP contribution in [0.5, 0.6) is 0 Å². The summed E-state index contributed by atoms with van der Waals surface area (Å²) < 4.78 is 40.5. The Kier molecular flexibility index (Phi) is 4.46. The number of aromatic nitrogens is 4. The summed E-state index contributed by atoms with van der Waals surface area (Å²) in [6.45, 7) is 0. The summed E-state index contributed by atoms with van der Waals surface area (Å²) in [5.41, 5.74) is 0.890. The number of nitrogens with zero attached hydrogens (tertiary/aromatic N) is 4. The Bertz CT molecular complexity index is 1290. The molecule has 0 aliphatic heterocycles. The molecular weight excluding hydrogens is 407 g/mol. The van der Waals surface area contributed by atoms with Gasteiger partial charge in [0.15, 0.2) is 0 Å². The van der Waals surface area contributed by atoms with Crippen molar-refractivity contribution >= 4 is 22.4 Å². The highest BCUT2D eigenvalue weighted by atomic mass is 19.4. The molecule has 3 aromatic heterocycles. The molecule has 3 heterocycles. The number of halogens is 3. The maximum absolute atomic E-state index is 13.0. The van der Waals surface area contributed by atoms with Crippen LogP contribution >= 0.6 is 0 Å². The van der Waals surface area contributed by atoms with Crippen LogP contribution in [0.2, 0.25) is 0 Å². The lowest BCUT2D eigenvalue weighted by atomic mass is 10.1. The van der Waals surface area contributed by atoms with E-state index in [0.717, 1.165) is 47.3 Å². The average Bonchev–Trinajstić information content (AvgIpc) is 3.50. The van der Waals surface area contributed by atoms with E-state index in [4.69, 9.17) is 0 Å². The number of hydrogen-bond acceptors (Lipinski definition) is 4. The number of hydrogen-bond donors (Lipinski definition) is 1. The highest BCUT2D eigenvalue weighted by Gasteiger charge is 2.34. The van der Waals surface area contributed by atoms with E-state index >= 15 is 0 Å². The molecule has 4 aromatic rings. The van der Waals surface area contributed by atoms with Crippen molar-refractivity contribution in [3.05, 3.63) is 78.1 Å². The number of anilines is 1. The molecule has 0 unspecified atom stereocenters. The Labute approximate surface area is 174 Å². The molecule has 1 N–H and O–H groups in total. The van der Waals surface area contributed by atoms with E-state index in [-0.39, 0.29) is 11.6 Å². The Morgan fingerprint density at radius 3 is 2.71 bits per heavy atom. The number of pyridine rings is 2. The third-order valence-electron chi connectivity index (χ3n) is 5.21. The molecule has 31 heavy (non-hydrogen) atoms. The molecule has 0 spiro atoms. The molecule has 5 rings (SSSR count). The van der Waals surface area contributed by atoms with Gasteiger partial charge in [-0.3, -0.25) is 14.8 Å². The van der Waals surface area contributed by atoms with E-state index < -0.39 is 17.8 Å². The van der Waals surface area contributed by atoms with Crippen LogP contribution in [0.1, 0.15) is 40.5 Å². The Balaban J connectivity index is 1.53. The van der Waals surface area contributed by atoms with Gasteiger partial charge in [0, 0.05) is 41.0 Å². The van der Waals surface area contributed by atoms with Crippen molar-refractivity contribution in [1.29, 1.82) is 0 Å². The van der Waals surface area contributed by atoms with E-state index in [9.17, 15) is 18.0 Å². The zero-order valence-electron chi connectivity index (χ0n) is 16.1. The predicted octanol–water partition coefficient (Wildman–Crippen LogP) is 4.96. The molecular formula is C22H16F3N5O. The number of amides is 1. The van der Waals surface area contributed by atoms with Gasteiger partial charge in [0.25, 0.3) is 5.91 Å². The number of alkyl halides is 3. The summed E-state index contributed by atoms with van der Waals surface area (Å²) in [7, 11) is 0. The molecule has 1 saturated carbocycles. The first-order chi connectivity index (χ1) is 14.9. The van der Waals surface area contributed by atoms with Gasteiger partial charge in [-0.2, -0.15) is 18.3 Å². The fraction of sp³-hybridized carbons (Fsp3) is 0.182. The second kappa shape index (κ2) is 7.19. The summed E-state index contributed by atoms with van der Waals surface area (Å²) in [5.74, 6) is -0.335. The molecule has 156 valence electrons. The van der Waals surface area contributed by atoms with E-state index in [1.807, 2.05) is 24.3 Å². The number of fused-ring (bicyclic) bond motifs is 1. The lowest BCUT2D eigenvalue weighted by Gasteiger charge is -2.12. The highest BCUT2D eigenvalue weighted by Crippen LogP contribution is 2.43. The molecule has 0 saturated heterocycles. The van der Waals surface area contributed by atoms with Crippen molar-refractivity contribution in [2.75, 3.05) is 5.32 Å². The number of rotatable bonds is 4. The topological polar surface area (TPSA) is 72.7 Å². The molecule has 1 amide bonds. The summed E-state index contributed by atoms with van der Waals surface area (Å²) in [6, 6.07) is 9.79. The highest BCUT2D eigenvalue weighted by molar-refractivity contribution is 6.05. The van der Waals surface area contributed by atoms with Gasteiger partial charge in [-0.1, -0.05) is 12.1 Å². The number of carbonyl (C=O) groups excluding carboxylic acids is 1. The van der Waals surface area contributed by atoms with Crippen LogP contribution in [-0.4, -0.2) is 25.7 Å². The van der Waals surface area contributed by atoms with Crippen molar-refractivity contribution in [2.24, 2.45) is 0 Å². The van der Waals surface area contributed by atoms with Crippen LogP contribution in [-0.2, 0) is 6.18 Å². The minimum Gasteiger partial charge on any atom is -0.322 e. The van der Waals surface area contributed by atoms with Gasteiger partial charge < -0.3 is 5.32 Å². The summed E-state index contributed by atoms with van der Waals surface area (Å²) in [5, 5.41) is 8.90. The molecule has 1 aliphatic rings. The molecule has 0 atom stereocenters. The number of nitrogens with one attached hydrogen (secondary N) is 1. The third kappa shape index (κ3) is 3.63. The van der Waals surface area contributed by atoms with Crippen molar-refractivity contribution < 1.29 is 18.0 Å². The first-order valence-electron chi connectivity index (χ1n) is 9.67. The van der Waals surface area contributed by atoms with Crippen LogP contribution in [0.4, 0.5) is 18.9 Å². The normalized spacial score (nSPS) is 14.0. The minimum atomic E-state index is -4.59. The largest absolute Gasteiger partial charge is 0.433 e. The Morgan fingerprint density at radius 2 is 1.94 bits per heavy atom. The van der Waals surface area contributed by atoms with Crippen LogP contribution < -0.4 is 5.32 Å². The lowest BCUT2D eigenvalue weighted by molar-refractivity contribution is -0.141. The fourth-order valence-corrected chi connectivity index (χ4v) is 3.63. The van der Waals surface area contributed by atoms with Gasteiger partial charge in [-0.15, -0.1) is 0 Å². The third-order valence-corrected chi connectivity index (χ3v) is 5.21. The maximum atomic E-state index is 13.0. The first kappa shape index (κ1) is 19.2. The summed E-state index contributed by atoms with van der Waals surface area (Å²) in [4.78, 5) is 20.4. The van der Waals surface area contributed by atoms with Crippen LogP contribution in [0.3, 0.4) is 0 Å². The fourth-order valence-electron chi connectivity index (χ4n) is 3.63. The van der Waals surface area contributed by atoms with Gasteiger partial charge in [-0.05, 0) is 37.1 Å². The monoisotopic (exact) mass is 423 g/mol. The average molecular weight is 423 g/mol. The summed E-state index contributed by atoms with van der Waals surface area (Å²) >= 11 is 0. The van der Waals surface area contributed by atoms with E-state index in [1.165, 1.54) is 12.3 Å². The molecule has 6 nitrogen and oxygen atoms in total. The van der Waals surface area contributed by atoms with Crippen LogP contribution in [0.15, 0.2) is 61.2 Å². The van der Waals surface area contributed by atoms with Crippen molar-refractivity contribution in [3.8, 4) is 5.69 Å². The van der Waals surface area contributed by atoms with Crippen LogP contribution in [0, 0.1) is 0 Å². The van der Waals surface area contributed by atoms with Crippen LogP contribution in [0.25, 0.3) is 16.5 Å². The van der Waals surface area contributed by atoms with Crippen molar-refractivity contribution in [2.45, 2.75) is 24.9 Å². The molecule has 0 radical (unpaired) electrons. The van der Waals surface area contributed by atoms with Gasteiger partial charge in [0.1, 0.15) is 5.69 Å². The molecule has 1 aromatic carbocycles. The first-order valence-corrected chi connectivity index (χ1v) is 9.67. The minimum absolute atomic E-state index is 0.0260. The van der Waals surface area contributed by atoms with Gasteiger partial charge in [0.05, 0.1) is 23.1 Å². The van der Waals surface area contributed by atoms with Gasteiger partial charge >= 0.3 is 6.18 Å². The van der Waals surface area contributed by atoms with Gasteiger partial charge in [-0.25, -0.2) is 4.68 Å². The van der Waals surface area contributed by atoms with E-state index in [0.29, 0.717) is 5.56 Å². The molecule has 1 fully saturated rings. The van der Waals surface area contributed by atoms with Crippen molar-refractivity contribution in [1.82, 2.24) is 19.7 Å². The van der Waals surface area contributed by atoms with E-state index in [1.54, 1.807) is 17.1 Å². The lowest BCUT2D eigenvalue weighted by Crippen LogP contribution is -2.15. The second-order valence-electron chi connectivity index (χ2n) is 7.39. The SMILES string of the molecule is O=C(Nc1ccnc(C(F)(F)F)c1)c1cnn(-c2cccc3cnccc23)c1C1CC1. The smallest absolute Gasteiger partial charge is 0.322 e. The second-order valence-corrected chi connectivity index (χ2v) is 7.39. The maximum Gasteiger partial charge on any atom is 0.433 e. The zero-order valence-corrected chi connectivity index (χ0v) is 16.1. The molecule has 1 aliphatic carbocycles. The number of carbonyl (C=O) groups is 1. The molecule has 9 heteroatoms. The van der Waals surface area contributed by atoms with E-state index in [2.05, 4.69) is 20.4 Å². The predicted molar refractivity (Wildman–Crippen MR) is 108 cm³/mol. The summed E-state index contributed by atoms with van der Waals surface area (Å²) in [6.07, 6.45) is 3.20. The number of benzene rings is 1. The standard InChI is InChI=1S/C22H16F3N5O/c23-22(24,25)19-10-15(6-9-27-19)29-21(31)17-12-28-30(20(17)13-4-5-13)18-3-1-2-14-11-26-8-7-16(14)18/h1-3,6-13H,4-5H2,(H,27,29,31). The van der Waals surface area contributed by atoms with Crippen molar-refractivity contribution in [3.63, 3.8) is 0 Å². The Morgan fingerprint density at radius 1 is 1.10 bits per heavy atom.